The average molecular weight is 238 g/mol. The van der Waals surface area contributed by atoms with Crippen LogP contribution in [0, 0.1) is 11.3 Å². The smallest absolute Gasteiger partial charge is 0.263 e. The second-order valence-corrected chi connectivity index (χ2v) is 3.74. The van der Waals surface area contributed by atoms with Gasteiger partial charge < -0.3 is 16.0 Å². The van der Waals surface area contributed by atoms with Crippen LogP contribution >= 0.6 is 0 Å². The van der Waals surface area contributed by atoms with Crippen LogP contribution in [-0.2, 0) is 9.59 Å². The number of nitrogens with zero attached hydrogens (tertiary/aromatic N) is 1. The Bertz CT molecular complexity index is 342. The zero-order chi connectivity index (χ0) is 13.3. The van der Waals surface area contributed by atoms with E-state index in [0.29, 0.717) is 13.1 Å². The zero-order valence-corrected chi connectivity index (χ0v) is 10.3. The molecule has 6 nitrogen and oxygen atoms in total. The quantitative estimate of drug-likeness (QED) is 0.335. The van der Waals surface area contributed by atoms with Gasteiger partial charge >= 0.3 is 0 Å². The van der Waals surface area contributed by atoms with Gasteiger partial charge in [0.05, 0.1) is 0 Å². The van der Waals surface area contributed by atoms with Crippen molar-refractivity contribution in [1.29, 1.82) is 5.26 Å². The molecule has 0 saturated heterocycles. The first kappa shape index (κ1) is 15.0. The van der Waals surface area contributed by atoms with Gasteiger partial charge in [-0.15, -0.1) is 0 Å². The number of hydrogen-bond acceptors (Lipinski definition) is 4. The Kier molecular flexibility index (Phi) is 7.19. The van der Waals surface area contributed by atoms with Crippen LogP contribution < -0.4 is 16.0 Å². The van der Waals surface area contributed by atoms with Crippen molar-refractivity contribution in [3.05, 3.63) is 11.8 Å². The lowest BCUT2D eigenvalue weighted by Crippen LogP contribution is -2.32. The number of carbonyl (C=O) groups excluding carboxylic acids is 2. The molecule has 0 bridgehead atoms. The summed E-state index contributed by atoms with van der Waals surface area (Å²) in [7, 11) is 0. The zero-order valence-electron chi connectivity index (χ0n) is 10.3. The molecule has 0 heterocycles. The summed E-state index contributed by atoms with van der Waals surface area (Å²) < 4.78 is 0. The van der Waals surface area contributed by atoms with Gasteiger partial charge in [0.15, 0.2) is 0 Å². The fourth-order valence-electron chi connectivity index (χ4n) is 0.973. The minimum atomic E-state index is -0.408. The Labute approximate surface area is 101 Å². The van der Waals surface area contributed by atoms with E-state index in [9.17, 15) is 9.59 Å². The maximum Gasteiger partial charge on any atom is 0.263 e. The highest BCUT2D eigenvalue weighted by molar-refractivity contribution is 5.97. The fourth-order valence-corrected chi connectivity index (χ4v) is 0.973. The van der Waals surface area contributed by atoms with E-state index >= 15 is 0 Å². The molecule has 0 aliphatic carbocycles. The topological polar surface area (TPSA) is 94.0 Å². The van der Waals surface area contributed by atoms with E-state index in [1.54, 1.807) is 6.07 Å². The van der Waals surface area contributed by atoms with Gasteiger partial charge in [-0.1, -0.05) is 0 Å². The maximum absolute atomic E-state index is 11.4. The van der Waals surface area contributed by atoms with E-state index in [0.717, 1.165) is 0 Å². The molecule has 17 heavy (non-hydrogen) atoms. The molecule has 0 fully saturated rings. The van der Waals surface area contributed by atoms with E-state index in [4.69, 9.17) is 5.26 Å². The maximum atomic E-state index is 11.4. The molecule has 0 radical (unpaired) electrons. The Morgan fingerprint density at radius 2 is 2.00 bits per heavy atom. The molecule has 0 aromatic carbocycles. The molecule has 3 N–H and O–H groups in total. The standard InChI is InChI=1S/C11H18N4O2/c1-8(2)15-11(17)10(6-12)7-13-4-5-14-9(3)16/h7-8,13H,4-5H2,1-3H3,(H,14,16)(H,15,17)/b10-7-. The summed E-state index contributed by atoms with van der Waals surface area (Å²) in [5.74, 6) is -0.525. The predicted octanol–water partition coefficient (Wildman–Crippen LogP) is -0.356. The molecular formula is C11H18N4O2. The third-order valence-corrected chi connectivity index (χ3v) is 1.67. The first-order valence-corrected chi connectivity index (χ1v) is 5.36. The number of nitriles is 1. The van der Waals surface area contributed by atoms with Gasteiger partial charge in [0.2, 0.25) is 5.91 Å². The van der Waals surface area contributed by atoms with Gasteiger partial charge in [-0.3, -0.25) is 9.59 Å². The third kappa shape index (κ3) is 7.85. The van der Waals surface area contributed by atoms with Crippen molar-refractivity contribution < 1.29 is 9.59 Å². The summed E-state index contributed by atoms with van der Waals surface area (Å²) in [5.41, 5.74) is 0.0153. The lowest BCUT2D eigenvalue weighted by Gasteiger charge is -2.07. The number of carbonyl (C=O) groups is 2. The second-order valence-electron chi connectivity index (χ2n) is 3.74. The summed E-state index contributed by atoms with van der Waals surface area (Å²) >= 11 is 0. The van der Waals surface area contributed by atoms with Crippen LogP contribution in [0.5, 0.6) is 0 Å². The van der Waals surface area contributed by atoms with E-state index in [1.165, 1.54) is 13.1 Å². The van der Waals surface area contributed by atoms with Crippen LogP contribution in [0.15, 0.2) is 11.8 Å². The van der Waals surface area contributed by atoms with Crippen LogP contribution in [0.2, 0.25) is 0 Å². The van der Waals surface area contributed by atoms with Crippen molar-refractivity contribution in [3.8, 4) is 6.07 Å². The van der Waals surface area contributed by atoms with Gasteiger partial charge in [-0.05, 0) is 13.8 Å². The van der Waals surface area contributed by atoms with Crippen molar-refractivity contribution in [2.24, 2.45) is 0 Å². The van der Waals surface area contributed by atoms with Crippen molar-refractivity contribution in [3.63, 3.8) is 0 Å². The fraction of sp³-hybridized carbons (Fsp3) is 0.545. The molecule has 0 aromatic rings. The van der Waals surface area contributed by atoms with Gasteiger partial charge in [0.25, 0.3) is 5.91 Å². The number of rotatable bonds is 6. The van der Waals surface area contributed by atoms with Crippen molar-refractivity contribution in [2.45, 2.75) is 26.8 Å². The molecule has 0 unspecified atom stereocenters. The van der Waals surface area contributed by atoms with Crippen LogP contribution in [0.1, 0.15) is 20.8 Å². The second kappa shape index (κ2) is 8.16. The van der Waals surface area contributed by atoms with Gasteiger partial charge in [0.1, 0.15) is 11.6 Å². The summed E-state index contributed by atoms with van der Waals surface area (Å²) in [5, 5.41) is 16.7. The molecule has 0 aromatic heterocycles. The van der Waals surface area contributed by atoms with Gasteiger partial charge in [-0.2, -0.15) is 5.26 Å². The number of amides is 2. The molecule has 6 heteroatoms. The van der Waals surface area contributed by atoms with E-state index < -0.39 is 5.91 Å². The molecule has 0 spiro atoms. The van der Waals surface area contributed by atoms with Gasteiger partial charge in [0, 0.05) is 32.3 Å². The van der Waals surface area contributed by atoms with E-state index in [1.807, 2.05) is 13.8 Å². The minimum absolute atomic E-state index is 0.0152. The largest absolute Gasteiger partial charge is 0.388 e. The average Bonchev–Trinajstić information content (AvgIpc) is 2.21. The molecule has 0 aliphatic heterocycles. The van der Waals surface area contributed by atoms with Crippen LogP contribution in [-0.4, -0.2) is 30.9 Å². The van der Waals surface area contributed by atoms with Gasteiger partial charge in [-0.25, -0.2) is 0 Å². The number of nitrogens with one attached hydrogen (secondary N) is 3. The normalized spacial score (nSPS) is 10.6. The Morgan fingerprint density at radius 1 is 1.35 bits per heavy atom. The van der Waals surface area contributed by atoms with Crippen LogP contribution in [0.25, 0.3) is 0 Å². The summed E-state index contributed by atoms with van der Waals surface area (Å²) in [6, 6.07) is 1.79. The molecule has 2 amide bonds. The lowest BCUT2D eigenvalue weighted by atomic mass is 10.2. The highest BCUT2D eigenvalue weighted by Crippen LogP contribution is 1.91. The minimum Gasteiger partial charge on any atom is -0.388 e. The third-order valence-electron chi connectivity index (χ3n) is 1.67. The van der Waals surface area contributed by atoms with Crippen molar-refractivity contribution in [2.75, 3.05) is 13.1 Å². The number of hydrogen-bond donors (Lipinski definition) is 3. The molecule has 0 atom stereocenters. The Balaban J connectivity index is 4.06. The van der Waals surface area contributed by atoms with Crippen LogP contribution in [0.3, 0.4) is 0 Å². The highest BCUT2D eigenvalue weighted by Gasteiger charge is 2.08. The molecule has 94 valence electrons. The van der Waals surface area contributed by atoms with Crippen molar-refractivity contribution >= 4 is 11.8 Å². The molecular weight excluding hydrogens is 220 g/mol. The van der Waals surface area contributed by atoms with E-state index in [2.05, 4.69) is 16.0 Å². The lowest BCUT2D eigenvalue weighted by molar-refractivity contribution is -0.119. The molecule has 0 rings (SSSR count). The summed E-state index contributed by atoms with van der Waals surface area (Å²) in [4.78, 5) is 22.0. The SMILES string of the molecule is CC(=O)NCCN/C=C(/C#N)C(=O)NC(C)C. The summed E-state index contributed by atoms with van der Waals surface area (Å²) in [6.07, 6.45) is 1.35. The van der Waals surface area contributed by atoms with E-state index in [-0.39, 0.29) is 17.5 Å². The molecule has 0 saturated carbocycles. The first-order chi connectivity index (χ1) is 7.97. The Hall–Kier alpha value is -2.03. The monoisotopic (exact) mass is 238 g/mol. The van der Waals surface area contributed by atoms with Crippen molar-refractivity contribution in [1.82, 2.24) is 16.0 Å². The summed E-state index contributed by atoms with van der Waals surface area (Å²) in [6.45, 7) is 5.96. The Morgan fingerprint density at radius 3 is 2.47 bits per heavy atom. The molecule has 0 aliphatic rings. The highest BCUT2D eigenvalue weighted by atomic mass is 16.2. The van der Waals surface area contributed by atoms with Crippen LogP contribution in [0.4, 0.5) is 0 Å². The first-order valence-electron chi connectivity index (χ1n) is 5.36. The predicted molar refractivity (Wildman–Crippen MR) is 63.7 cm³/mol.